The van der Waals surface area contributed by atoms with Crippen molar-refractivity contribution in [3.63, 3.8) is 0 Å². The largest absolute Gasteiger partial charge is 0.387 e. The van der Waals surface area contributed by atoms with Gasteiger partial charge in [-0.05, 0) is 37.1 Å². The van der Waals surface area contributed by atoms with Gasteiger partial charge in [-0.1, -0.05) is 62.9 Å². The van der Waals surface area contributed by atoms with E-state index >= 15 is 0 Å². The first kappa shape index (κ1) is 25.4. The van der Waals surface area contributed by atoms with Crippen LogP contribution < -0.4 is 16.0 Å². The third-order valence-electron chi connectivity index (χ3n) is 6.19. The second kappa shape index (κ2) is 12.3. The fourth-order valence-electron chi connectivity index (χ4n) is 4.36. The number of benzene rings is 2. The molecule has 0 aliphatic heterocycles. The van der Waals surface area contributed by atoms with Crippen LogP contribution >= 0.6 is 0 Å². The van der Waals surface area contributed by atoms with Crippen molar-refractivity contribution in [3.05, 3.63) is 72.6 Å². The Kier molecular flexibility index (Phi) is 8.71. The fourth-order valence-corrected chi connectivity index (χ4v) is 4.36. The van der Waals surface area contributed by atoms with Gasteiger partial charge < -0.3 is 25.9 Å². The topological polar surface area (TPSA) is 93.4 Å². The lowest BCUT2D eigenvalue weighted by Crippen LogP contribution is -2.14. The molecule has 0 fully saturated rings. The Morgan fingerprint density at radius 1 is 0.778 bits per heavy atom. The molecular weight excluding hydrogens is 446 g/mol. The zero-order valence-electron chi connectivity index (χ0n) is 21.5. The van der Waals surface area contributed by atoms with Crippen molar-refractivity contribution < 1.29 is 0 Å². The zero-order valence-corrected chi connectivity index (χ0v) is 21.5. The summed E-state index contributed by atoms with van der Waals surface area (Å²) < 4.78 is 0. The van der Waals surface area contributed by atoms with Crippen LogP contribution in [-0.4, -0.2) is 40.1 Å². The first-order chi connectivity index (χ1) is 17.7. The van der Waals surface area contributed by atoms with Gasteiger partial charge in [0, 0.05) is 29.4 Å². The second-order valence-electron chi connectivity index (χ2n) is 8.82. The van der Waals surface area contributed by atoms with E-state index in [9.17, 15) is 0 Å². The van der Waals surface area contributed by atoms with Crippen LogP contribution in [0.15, 0.2) is 55.4 Å². The van der Waals surface area contributed by atoms with Crippen LogP contribution in [0.5, 0.6) is 0 Å². The summed E-state index contributed by atoms with van der Waals surface area (Å²) in [5.74, 6) is 1.89. The molecule has 7 heteroatoms. The van der Waals surface area contributed by atoms with Crippen LogP contribution in [0, 0.1) is 0 Å². The maximum absolute atomic E-state index is 4.55. The summed E-state index contributed by atoms with van der Waals surface area (Å²) in [5.41, 5.74) is 8.55. The van der Waals surface area contributed by atoms with Crippen LogP contribution in [0.25, 0.3) is 39.7 Å². The summed E-state index contributed by atoms with van der Waals surface area (Å²) in [4.78, 5) is 15.9. The Morgan fingerprint density at radius 3 is 1.92 bits per heavy atom. The van der Waals surface area contributed by atoms with Gasteiger partial charge in [-0.15, -0.1) is 0 Å². The monoisotopic (exact) mass is 483 g/mol. The molecule has 5 N–H and O–H groups in total. The highest BCUT2D eigenvalue weighted by Gasteiger charge is 2.15. The SMILES string of the molecule is C=Cc1c(-c2cnc(CNCCC)[nH]2)ccc(-c2ccc(-c3cnc(CNCCC)[nH]3)cc2)c1NC. The van der Waals surface area contributed by atoms with Gasteiger partial charge in [-0.2, -0.15) is 0 Å². The number of nitrogens with zero attached hydrogens (tertiary/aromatic N) is 2. The van der Waals surface area contributed by atoms with Gasteiger partial charge in [0.2, 0.25) is 0 Å². The highest BCUT2D eigenvalue weighted by atomic mass is 15.0. The van der Waals surface area contributed by atoms with Gasteiger partial charge in [-0.25, -0.2) is 9.97 Å². The first-order valence-corrected chi connectivity index (χ1v) is 12.8. The second-order valence-corrected chi connectivity index (χ2v) is 8.82. The van der Waals surface area contributed by atoms with E-state index in [1.54, 1.807) is 0 Å². The molecule has 7 nitrogen and oxygen atoms in total. The van der Waals surface area contributed by atoms with E-state index in [-0.39, 0.29) is 0 Å². The molecule has 0 saturated heterocycles. The van der Waals surface area contributed by atoms with Gasteiger partial charge in [-0.3, -0.25) is 0 Å². The summed E-state index contributed by atoms with van der Waals surface area (Å²) in [5, 5.41) is 10.2. The Morgan fingerprint density at radius 2 is 1.33 bits per heavy atom. The number of aromatic nitrogens is 4. The molecule has 0 spiro atoms. The first-order valence-electron chi connectivity index (χ1n) is 12.8. The third kappa shape index (κ3) is 5.75. The molecule has 0 atom stereocenters. The molecule has 0 aliphatic carbocycles. The standard InChI is InChI=1S/C29H37N7/c1-5-14-31-18-27-33-16-25(35-27)21-10-8-20(9-11-21)23-12-13-24(22(7-3)29(23)30-4)26-17-34-28(36-26)19-32-15-6-2/h7-13,16-17,30-32H,3,5-6,14-15,18-19H2,1-2,4H3,(H,33,35)(H,34,36). The number of imidazole rings is 2. The number of rotatable bonds is 13. The minimum absolute atomic E-state index is 0.730. The van der Waals surface area contributed by atoms with Crippen LogP contribution in [0.2, 0.25) is 0 Å². The highest BCUT2D eigenvalue weighted by Crippen LogP contribution is 2.38. The predicted octanol–water partition coefficient (Wildman–Crippen LogP) is 5.82. The Hall–Kier alpha value is -3.68. The molecule has 0 radical (unpaired) electrons. The Bertz CT molecular complexity index is 1270. The predicted molar refractivity (Wildman–Crippen MR) is 151 cm³/mol. The molecule has 2 aromatic carbocycles. The average molecular weight is 484 g/mol. The van der Waals surface area contributed by atoms with Gasteiger partial charge in [0.05, 0.1) is 36.9 Å². The molecule has 0 amide bonds. The maximum atomic E-state index is 4.55. The third-order valence-corrected chi connectivity index (χ3v) is 6.19. The number of H-pyrrole nitrogens is 2. The molecule has 4 rings (SSSR count). The van der Waals surface area contributed by atoms with E-state index in [2.05, 4.69) is 92.7 Å². The molecule has 0 saturated carbocycles. The smallest absolute Gasteiger partial charge is 0.120 e. The van der Waals surface area contributed by atoms with Crippen molar-refractivity contribution >= 4 is 11.8 Å². The normalized spacial score (nSPS) is 11.1. The summed E-state index contributed by atoms with van der Waals surface area (Å²) >= 11 is 0. The van der Waals surface area contributed by atoms with Crippen molar-refractivity contribution in [3.8, 4) is 33.6 Å². The van der Waals surface area contributed by atoms with Crippen molar-refractivity contribution in [2.75, 3.05) is 25.5 Å². The van der Waals surface area contributed by atoms with Crippen LogP contribution in [0.3, 0.4) is 0 Å². The number of hydrogen-bond acceptors (Lipinski definition) is 5. The Labute approximate surface area is 213 Å². The minimum Gasteiger partial charge on any atom is -0.387 e. The minimum atomic E-state index is 0.730. The van der Waals surface area contributed by atoms with Crippen molar-refractivity contribution in [1.29, 1.82) is 0 Å². The summed E-state index contributed by atoms with van der Waals surface area (Å²) in [6.45, 7) is 11.9. The molecule has 0 aliphatic rings. The molecule has 36 heavy (non-hydrogen) atoms. The fraction of sp³-hybridized carbons (Fsp3) is 0.310. The lowest BCUT2D eigenvalue weighted by molar-refractivity contribution is 0.655. The quantitative estimate of drug-likeness (QED) is 0.155. The molecule has 0 unspecified atom stereocenters. The van der Waals surface area contributed by atoms with E-state index in [1.165, 1.54) is 0 Å². The summed E-state index contributed by atoms with van der Waals surface area (Å²) in [6.07, 6.45) is 7.92. The van der Waals surface area contributed by atoms with Crippen LogP contribution in [0.4, 0.5) is 5.69 Å². The summed E-state index contributed by atoms with van der Waals surface area (Å²) in [6, 6.07) is 12.9. The average Bonchev–Trinajstić information content (AvgIpc) is 3.58. The lowest BCUT2D eigenvalue weighted by atomic mass is 9.94. The lowest BCUT2D eigenvalue weighted by Gasteiger charge is -2.16. The van der Waals surface area contributed by atoms with E-state index in [4.69, 9.17) is 0 Å². The zero-order chi connectivity index (χ0) is 25.3. The molecule has 2 heterocycles. The van der Waals surface area contributed by atoms with Crippen LogP contribution in [0.1, 0.15) is 43.9 Å². The van der Waals surface area contributed by atoms with E-state index < -0.39 is 0 Å². The van der Waals surface area contributed by atoms with Gasteiger partial charge >= 0.3 is 0 Å². The Balaban J connectivity index is 1.58. The van der Waals surface area contributed by atoms with Crippen molar-refractivity contribution in [2.24, 2.45) is 0 Å². The highest BCUT2D eigenvalue weighted by molar-refractivity contribution is 5.91. The van der Waals surface area contributed by atoms with Crippen molar-refractivity contribution in [2.45, 2.75) is 39.8 Å². The molecule has 188 valence electrons. The summed E-state index contributed by atoms with van der Waals surface area (Å²) in [7, 11) is 1.95. The van der Waals surface area contributed by atoms with E-state index in [0.29, 0.717) is 0 Å². The van der Waals surface area contributed by atoms with Crippen LogP contribution in [-0.2, 0) is 13.1 Å². The molecule has 4 aromatic rings. The number of nitrogens with one attached hydrogen (secondary N) is 5. The van der Waals surface area contributed by atoms with Gasteiger partial charge in [0.1, 0.15) is 11.6 Å². The van der Waals surface area contributed by atoms with Gasteiger partial charge in [0.25, 0.3) is 0 Å². The maximum Gasteiger partial charge on any atom is 0.120 e. The molecule has 2 aromatic heterocycles. The van der Waals surface area contributed by atoms with Crippen molar-refractivity contribution in [1.82, 2.24) is 30.6 Å². The molecule has 0 bridgehead atoms. The molecular formula is C29H37N7. The van der Waals surface area contributed by atoms with E-state index in [1.807, 2.05) is 25.5 Å². The number of anilines is 1. The number of aromatic amines is 2. The number of hydrogen-bond donors (Lipinski definition) is 5. The van der Waals surface area contributed by atoms with Gasteiger partial charge in [0.15, 0.2) is 0 Å². The van der Waals surface area contributed by atoms with E-state index in [0.717, 1.165) is 95.6 Å².